The van der Waals surface area contributed by atoms with Gasteiger partial charge in [-0.15, -0.1) is 11.3 Å². The minimum atomic E-state index is 0.208. The zero-order valence-electron chi connectivity index (χ0n) is 9.46. The van der Waals surface area contributed by atoms with Crippen molar-refractivity contribution in [2.24, 2.45) is 0 Å². The predicted molar refractivity (Wildman–Crippen MR) is 79.8 cm³/mol. The minimum Gasteiger partial charge on any atom is -0.505 e. The van der Waals surface area contributed by atoms with E-state index in [1.54, 1.807) is 11.3 Å². The van der Waals surface area contributed by atoms with Crippen LogP contribution in [0, 0.1) is 4.51 Å². The van der Waals surface area contributed by atoms with Crippen LogP contribution in [0.4, 0.5) is 0 Å². The van der Waals surface area contributed by atoms with Gasteiger partial charge in [0.05, 0.1) is 9.39 Å². The molecule has 0 aliphatic heterocycles. The Morgan fingerprint density at radius 2 is 1.56 bits per heavy atom. The molecule has 0 amide bonds. The van der Waals surface area contributed by atoms with Crippen LogP contribution < -0.4 is 0 Å². The first kappa shape index (κ1) is 11.4. The van der Waals surface area contributed by atoms with Gasteiger partial charge >= 0.3 is 0 Å². The van der Waals surface area contributed by atoms with Crippen LogP contribution in [0.25, 0.3) is 20.5 Å². The molecule has 0 unspecified atom stereocenters. The Kier molecular flexibility index (Phi) is 2.86. The number of rotatable bonds is 1. The van der Waals surface area contributed by atoms with Crippen molar-refractivity contribution >= 4 is 33.6 Å². The normalized spacial score (nSPS) is 10.7. The van der Waals surface area contributed by atoms with Gasteiger partial charge in [-0.05, 0) is 11.6 Å². The monoisotopic (exact) mass is 270 g/mol. The molecule has 0 aliphatic carbocycles. The Labute approximate surface area is 114 Å². The van der Waals surface area contributed by atoms with Crippen molar-refractivity contribution in [3.63, 3.8) is 0 Å². The first-order valence-electron chi connectivity index (χ1n) is 5.57. The average molecular weight is 270 g/mol. The lowest BCUT2D eigenvalue weighted by atomic mass is 10.1. The van der Waals surface area contributed by atoms with Gasteiger partial charge in [-0.2, -0.15) is 0 Å². The van der Waals surface area contributed by atoms with Crippen molar-refractivity contribution in [1.82, 2.24) is 0 Å². The van der Waals surface area contributed by atoms with E-state index in [4.69, 9.17) is 12.2 Å². The SMILES string of the molecule is Oc1c(-c2ccccc2)sc2ccccc2c1=S. The molecule has 1 N–H and O–H groups in total. The molecule has 0 radical (unpaired) electrons. The van der Waals surface area contributed by atoms with E-state index in [1.807, 2.05) is 54.6 Å². The number of aromatic hydroxyl groups is 1. The lowest BCUT2D eigenvalue weighted by molar-refractivity contribution is 0.477. The van der Waals surface area contributed by atoms with Gasteiger partial charge in [0, 0.05) is 10.1 Å². The highest BCUT2D eigenvalue weighted by molar-refractivity contribution is 7.72. The van der Waals surface area contributed by atoms with Gasteiger partial charge in [-0.25, -0.2) is 0 Å². The molecule has 0 saturated heterocycles. The molecule has 2 aromatic carbocycles. The Morgan fingerprint density at radius 1 is 0.889 bits per heavy atom. The molecule has 3 heteroatoms. The molecule has 1 heterocycles. The second-order valence-corrected chi connectivity index (χ2v) is 5.43. The van der Waals surface area contributed by atoms with Crippen LogP contribution in [0.5, 0.6) is 5.75 Å². The zero-order chi connectivity index (χ0) is 12.5. The first-order chi connectivity index (χ1) is 8.77. The molecule has 0 aliphatic rings. The molecular formula is C15H10OS2. The molecule has 1 nitrogen and oxygen atoms in total. The third-order valence-electron chi connectivity index (χ3n) is 2.81. The van der Waals surface area contributed by atoms with Crippen LogP contribution in [-0.4, -0.2) is 5.11 Å². The van der Waals surface area contributed by atoms with Crippen LogP contribution in [0.1, 0.15) is 0 Å². The highest BCUT2D eigenvalue weighted by Crippen LogP contribution is 2.39. The maximum atomic E-state index is 10.3. The molecule has 3 rings (SSSR count). The topological polar surface area (TPSA) is 20.2 Å². The van der Waals surface area contributed by atoms with Gasteiger partial charge in [-0.3, -0.25) is 0 Å². The Morgan fingerprint density at radius 3 is 2.33 bits per heavy atom. The van der Waals surface area contributed by atoms with Gasteiger partial charge < -0.3 is 5.11 Å². The Hall–Kier alpha value is -1.71. The van der Waals surface area contributed by atoms with Crippen LogP contribution in [0.2, 0.25) is 0 Å². The zero-order valence-corrected chi connectivity index (χ0v) is 11.1. The summed E-state index contributed by atoms with van der Waals surface area (Å²) < 4.78 is 1.63. The second kappa shape index (κ2) is 4.52. The quantitative estimate of drug-likeness (QED) is 0.628. The molecule has 3 aromatic rings. The molecule has 0 atom stereocenters. The van der Waals surface area contributed by atoms with Gasteiger partial charge in [0.2, 0.25) is 0 Å². The van der Waals surface area contributed by atoms with E-state index >= 15 is 0 Å². The number of hydrogen-bond donors (Lipinski definition) is 1. The maximum Gasteiger partial charge on any atom is 0.152 e. The summed E-state index contributed by atoms with van der Waals surface area (Å²) in [5, 5.41) is 11.2. The molecule has 88 valence electrons. The number of benzene rings is 2. The Balaban J connectivity index is 2.38. The summed E-state index contributed by atoms with van der Waals surface area (Å²) in [6.07, 6.45) is 0. The van der Waals surface area contributed by atoms with Gasteiger partial charge in [0.15, 0.2) is 5.75 Å². The lowest BCUT2D eigenvalue weighted by Crippen LogP contribution is -1.79. The van der Waals surface area contributed by atoms with Crippen molar-refractivity contribution in [2.45, 2.75) is 0 Å². The molecule has 0 saturated carbocycles. The Bertz CT molecular complexity index is 760. The molecule has 1 aromatic heterocycles. The summed E-state index contributed by atoms with van der Waals surface area (Å²) in [4.78, 5) is 0.833. The van der Waals surface area contributed by atoms with E-state index in [-0.39, 0.29) is 5.75 Å². The largest absolute Gasteiger partial charge is 0.505 e. The minimum absolute atomic E-state index is 0.208. The summed E-state index contributed by atoms with van der Waals surface area (Å²) in [7, 11) is 0. The molecule has 0 spiro atoms. The lowest BCUT2D eigenvalue weighted by Gasteiger charge is -2.06. The fourth-order valence-electron chi connectivity index (χ4n) is 1.92. The van der Waals surface area contributed by atoms with Crippen molar-refractivity contribution < 1.29 is 5.11 Å². The summed E-state index contributed by atoms with van der Waals surface area (Å²) in [6.45, 7) is 0. The standard InChI is InChI=1S/C15H10OS2/c16-13-14(17)11-8-4-5-9-12(11)18-15(13)10-6-2-1-3-7-10/h1-9,16H. The van der Waals surface area contributed by atoms with E-state index in [9.17, 15) is 5.11 Å². The van der Waals surface area contributed by atoms with Crippen LogP contribution in [0.15, 0.2) is 54.6 Å². The summed E-state index contributed by atoms with van der Waals surface area (Å²) in [6, 6.07) is 17.7. The fourth-order valence-corrected chi connectivity index (χ4v) is 3.43. The van der Waals surface area contributed by atoms with Crippen molar-refractivity contribution in [3.05, 3.63) is 59.1 Å². The number of hydrogen-bond acceptors (Lipinski definition) is 3. The molecule has 0 bridgehead atoms. The van der Waals surface area contributed by atoms with Crippen molar-refractivity contribution in [2.75, 3.05) is 0 Å². The van der Waals surface area contributed by atoms with E-state index < -0.39 is 0 Å². The van der Waals surface area contributed by atoms with Crippen LogP contribution >= 0.6 is 23.6 Å². The summed E-state index contributed by atoms with van der Waals surface area (Å²) in [5.74, 6) is 0.208. The van der Waals surface area contributed by atoms with Crippen molar-refractivity contribution in [3.8, 4) is 16.2 Å². The molecule has 0 fully saturated rings. The van der Waals surface area contributed by atoms with Gasteiger partial charge in [0.25, 0.3) is 0 Å². The number of fused-ring (bicyclic) bond motifs is 1. The van der Waals surface area contributed by atoms with E-state index in [0.717, 1.165) is 20.5 Å². The summed E-state index contributed by atoms with van der Waals surface area (Å²) in [5.41, 5.74) is 0.997. The smallest absolute Gasteiger partial charge is 0.152 e. The van der Waals surface area contributed by atoms with E-state index in [1.165, 1.54) is 0 Å². The van der Waals surface area contributed by atoms with E-state index in [2.05, 4.69) is 0 Å². The second-order valence-electron chi connectivity index (χ2n) is 3.97. The highest BCUT2D eigenvalue weighted by atomic mass is 32.1. The summed E-state index contributed by atoms with van der Waals surface area (Å²) >= 11 is 6.90. The molecule has 18 heavy (non-hydrogen) atoms. The van der Waals surface area contributed by atoms with Gasteiger partial charge in [-0.1, -0.05) is 60.7 Å². The van der Waals surface area contributed by atoms with Crippen molar-refractivity contribution in [1.29, 1.82) is 0 Å². The fraction of sp³-hybridized carbons (Fsp3) is 0. The third kappa shape index (κ3) is 1.82. The predicted octanol–water partition coefficient (Wildman–Crippen LogP) is 5.00. The van der Waals surface area contributed by atoms with E-state index in [0.29, 0.717) is 4.51 Å². The average Bonchev–Trinajstić information content (AvgIpc) is 2.44. The van der Waals surface area contributed by atoms with Crippen LogP contribution in [0.3, 0.4) is 0 Å². The first-order valence-corrected chi connectivity index (χ1v) is 6.80. The molecular weight excluding hydrogens is 260 g/mol. The van der Waals surface area contributed by atoms with Gasteiger partial charge in [0.1, 0.15) is 0 Å². The van der Waals surface area contributed by atoms with Crippen LogP contribution in [-0.2, 0) is 0 Å². The maximum absolute atomic E-state index is 10.3. The third-order valence-corrected chi connectivity index (χ3v) is 4.43. The highest BCUT2D eigenvalue weighted by Gasteiger charge is 2.09.